The lowest BCUT2D eigenvalue weighted by Gasteiger charge is -2.01. The SMILES string of the molecule is CNS(=O)(=O)NC(=O)OC. The van der Waals surface area contributed by atoms with Crippen LogP contribution in [0.15, 0.2) is 0 Å². The molecule has 0 aromatic rings. The van der Waals surface area contributed by atoms with E-state index in [9.17, 15) is 13.2 Å². The summed E-state index contributed by atoms with van der Waals surface area (Å²) in [6.45, 7) is 0. The minimum atomic E-state index is -3.71. The van der Waals surface area contributed by atoms with Crippen molar-refractivity contribution in [3.05, 3.63) is 0 Å². The van der Waals surface area contributed by atoms with Gasteiger partial charge in [-0.1, -0.05) is 0 Å². The second kappa shape index (κ2) is 3.37. The quantitative estimate of drug-likeness (QED) is 0.542. The van der Waals surface area contributed by atoms with Crippen LogP contribution < -0.4 is 9.44 Å². The molecule has 0 aliphatic rings. The number of nitrogens with one attached hydrogen (secondary N) is 2. The molecule has 0 rings (SSSR count). The van der Waals surface area contributed by atoms with Crippen LogP contribution in [-0.2, 0) is 14.9 Å². The molecule has 60 valence electrons. The standard InChI is InChI=1S/C3H8N2O4S/c1-4-10(7,8)5-3(6)9-2/h4H,1-2H3,(H,5,6). The van der Waals surface area contributed by atoms with Crippen LogP contribution in [-0.4, -0.2) is 28.7 Å². The molecule has 2 N–H and O–H groups in total. The van der Waals surface area contributed by atoms with E-state index in [2.05, 4.69) is 4.74 Å². The number of ether oxygens (including phenoxy) is 1. The largest absolute Gasteiger partial charge is 0.452 e. The molecule has 0 heterocycles. The molecule has 0 fully saturated rings. The van der Waals surface area contributed by atoms with Gasteiger partial charge in [0.05, 0.1) is 7.11 Å². The maximum absolute atomic E-state index is 10.4. The van der Waals surface area contributed by atoms with Crippen LogP contribution in [0.4, 0.5) is 4.79 Å². The average Bonchev–Trinajstić information content (AvgIpc) is 1.87. The lowest BCUT2D eigenvalue weighted by atomic mass is 11.2. The zero-order chi connectivity index (χ0) is 8.20. The van der Waals surface area contributed by atoms with Crippen molar-refractivity contribution in [2.75, 3.05) is 14.2 Å². The topological polar surface area (TPSA) is 84.5 Å². The molecule has 0 spiro atoms. The van der Waals surface area contributed by atoms with Crippen molar-refractivity contribution < 1.29 is 17.9 Å². The lowest BCUT2D eigenvalue weighted by Crippen LogP contribution is -2.38. The molecule has 0 bridgehead atoms. The van der Waals surface area contributed by atoms with Gasteiger partial charge in [-0.2, -0.15) is 8.42 Å². The van der Waals surface area contributed by atoms with Crippen molar-refractivity contribution in [3.8, 4) is 0 Å². The summed E-state index contributed by atoms with van der Waals surface area (Å²) >= 11 is 0. The number of amides is 1. The fourth-order valence-corrected chi connectivity index (χ4v) is 0.607. The van der Waals surface area contributed by atoms with Gasteiger partial charge in [-0.15, -0.1) is 0 Å². The van der Waals surface area contributed by atoms with Crippen molar-refractivity contribution in [2.45, 2.75) is 0 Å². The Morgan fingerprint density at radius 2 is 2.00 bits per heavy atom. The Balaban J connectivity index is 4.03. The summed E-state index contributed by atoms with van der Waals surface area (Å²) in [5.41, 5.74) is 0. The summed E-state index contributed by atoms with van der Waals surface area (Å²) in [7, 11) is -1.46. The first-order chi connectivity index (χ1) is 4.52. The molecule has 0 unspecified atom stereocenters. The van der Waals surface area contributed by atoms with Crippen LogP contribution in [0.2, 0.25) is 0 Å². The van der Waals surface area contributed by atoms with Crippen molar-refractivity contribution in [1.82, 2.24) is 9.44 Å². The van der Waals surface area contributed by atoms with E-state index in [0.717, 1.165) is 7.11 Å². The summed E-state index contributed by atoms with van der Waals surface area (Å²) in [6, 6.07) is 0. The van der Waals surface area contributed by atoms with Gasteiger partial charge in [-0.05, 0) is 0 Å². The Morgan fingerprint density at radius 1 is 1.50 bits per heavy atom. The zero-order valence-corrected chi connectivity index (χ0v) is 6.36. The Hall–Kier alpha value is -0.820. The summed E-state index contributed by atoms with van der Waals surface area (Å²) < 4.78 is 28.3. The summed E-state index contributed by atoms with van der Waals surface area (Å²) in [4.78, 5) is 10.2. The van der Waals surface area contributed by atoms with Crippen molar-refractivity contribution in [3.63, 3.8) is 0 Å². The van der Waals surface area contributed by atoms with E-state index in [4.69, 9.17) is 0 Å². The van der Waals surface area contributed by atoms with E-state index in [1.807, 2.05) is 4.72 Å². The fourth-order valence-electron chi connectivity index (χ4n) is 0.202. The average molecular weight is 168 g/mol. The van der Waals surface area contributed by atoms with Crippen LogP contribution in [0.5, 0.6) is 0 Å². The van der Waals surface area contributed by atoms with E-state index in [-0.39, 0.29) is 0 Å². The van der Waals surface area contributed by atoms with Crippen molar-refractivity contribution in [2.24, 2.45) is 0 Å². The van der Waals surface area contributed by atoms with Gasteiger partial charge in [0.1, 0.15) is 0 Å². The first kappa shape index (κ1) is 9.18. The number of carbonyl (C=O) groups excluding carboxylic acids is 1. The van der Waals surface area contributed by atoms with Gasteiger partial charge in [0.25, 0.3) is 0 Å². The molecule has 0 aliphatic carbocycles. The second-order valence-corrected chi connectivity index (χ2v) is 2.92. The molecule has 0 aromatic carbocycles. The van der Waals surface area contributed by atoms with Gasteiger partial charge in [0.2, 0.25) is 0 Å². The third-order valence-electron chi connectivity index (χ3n) is 0.672. The molecule has 6 nitrogen and oxygen atoms in total. The molecular weight excluding hydrogens is 160 g/mol. The molecule has 0 aromatic heterocycles. The molecule has 0 radical (unpaired) electrons. The van der Waals surface area contributed by atoms with Gasteiger partial charge in [0.15, 0.2) is 0 Å². The zero-order valence-electron chi connectivity index (χ0n) is 5.54. The Kier molecular flexibility index (Phi) is 3.10. The Labute approximate surface area is 58.7 Å². The predicted octanol–water partition coefficient (Wildman–Crippen LogP) is -1.19. The van der Waals surface area contributed by atoms with Gasteiger partial charge < -0.3 is 4.74 Å². The number of carbonyl (C=O) groups is 1. The molecule has 7 heteroatoms. The highest BCUT2D eigenvalue weighted by Crippen LogP contribution is 1.76. The van der Waals surface area contributed by atoms with Crippen LogP contribution >= 0.6 is 0 Å². The first-order valence-corrected chi connectivity index (χ1v) is 3.79. The van der Waals surface area contributed by atoms with Gasteiger partial charge in [-0.25, -0.2) is 14.2 Å². The van der Waals surface area contributed by atoms with Crippen LogP contribution in [0.25, 0.3) is 0 Å². The predicted molar refractivity (Wildman–Crippen MR) is 33.5 cm³/mol. The summed E-state index contributed by atoms with van der Waals surface area (Å²) in [6.07, 6.45) is -1.02. The van der Waals surface area contributed by atoms with E-state index < -0.39 is 16.3 Å². The smallest absolute Gasteiger partial charge is 0.421 e. The second-order valence-electron chi connectivity index (χ2n) is 1.30. The minimum absolute atomic E-state index is 1.02. The molecule has 0 saturated carbocycles. The Morgan fingerprint density at radius 3 is 2.30 bits per heavy atom. The molecule has 0 atom stereocenters. The van der Waals surface area contributed by atoms with E-state index in [0.29, 0.717) is 0 Å². The highest BCUT2D eigenvalue weighted by molar-refractivity contribution is 7.88. The van der Waals surface area contributed by atoms with E-state index in [1.165, 1.54) is 7.05 Å². The molecule has 0 saturated heterocycles. The maximum Gasteiger partial charge on any atom is 0.421 e. The number of rotatable bonds is 2. The summed E-state index contributed by atoms with van der Waals surface area (Å²) in [5, 5.41) is 0. The molecule has 1 amide bonds. The number of hydrogen-bond donors (Lipinski definition) is 2. The van der Waals surface area contributed by atoms with Crippen LogP contribution in [0, 0.1) is 0 Å². The fraction of sp³-hybridized carbons (Fsp3) is 0.667. The molecular formula is C3H8N2O4S. The van der Waals surface area contributed by atoms with Crippen molar-refractivity contribution in [1.29, 1.82) is 0 Å². The van der Waals surface area contributed by atoms with Gasteiger partial charge in [-0.3, -0.25) is 0 Å². The first-order valence-electron chi connectivity index (χ1n) is 2.31. The number of hydrogen-bond acceptors (Lipinski definition) is 4. The normalized spacial score (nSPS) is 10.6. The van der Waals surface area contributed by atoms with E-state index >= 15 is 0 Å². The van der Waals surface area contributed by atoms with Crippen molar-refractivity contribution >= 4 is 16.3 Å². The third-order valence-corrected chi connectivity index (χ3v) is 1.64. The Bertz CT molecular complexity index is 209. The van der Waals surface area contributed by atoms with E-state index in [1.54, 1.807) is 4.72 Å². The highest BCUT2D eigenvalue weighted by atomic mass is 32.2. The minimum Gasteiger partial charge on any atom is -0.452 e. The van der Waals surface area contributed by atoms with Gasteiger partial charge in [0, 0.05) is 7.05 Å². The van der Waals surface area contributed by atoms with Crippen LogP contribution in [0.3, 0.4) is 0 Å². The molecule has 0 aliphatic heterocycles. The monoisotopic (exact) mass is 168 g/mol. The van der Waals surface area contributed by atoms with Crippen LogP contribution in [0.1, 0.15) is 0 Å². The maximum atomic E-state index is 10.4. The summed E-state index contributed by atoms with van der Waals surface area (Å²) in [5.74, 6) is 0. The third kappa shape index (κ3) is 3.25. The highest BCUT2D eigenvalue weighted by Gasteiger charge is 2.09. The molecule has 10 heavy (non-hydrogen) atoms. The lowest BCUT2D eigenvalue weighted by molar-refractivity contribution is 0.177. The number of methoxy groups -OCH3 is 1. The van der Waals surface area contributed by atoms with Gasteiger partial charge >= 0.3 is 16.3 Å².